The third-order valence-electron chi connectivity index (χ3n) is 5.31. The van der Waals surface area contributed by atoms with Crippen LogP contribution in [0.15, 0.2) is 22.8 Å². The molecule has 4 fully saturated rings. The van der Waals surface area contributed by atoms with Crippen molar-refractivity contribution < 1.29 is 9.53 Å². The van der Waals surface area contributed by atoms with Gasteiger partial charge in [0.1, 0.15) is 6.61 Å². The van der Waals surface area contributed by atoms with Crippen LogP contribution in [0.4, 0.5) is 0 Å². The fraction of sp³-hybridized carbons (Fsp3) is 0.647. The molecule has 130 valence electrons. The number of pyridine rings is 1. The Balaban J connectivity index is 1.26. The summed E-state index contributed by atoms with van der Waals surface area (Å²) in [6.45, 7) is 6.62. The average molecular weight is 395 g/mol. The number of piperazine rings is 1. The Morgan fingerprint density at radius 2 is 2.08 bits per heavy atom. The number of carbonyl (C=O) groups excluding carboxylic acids is 1. The first-order chi connectivity index (χ1) is 11.7. The second-order valence-corrected chi connectivity index (χ2v) is 7.79. The maximum absolute atomic E-state index is 11.8. The molecular formula is C17H23BrN4O2. The van der Waals surface area contributed by atoms with Gasteiger partial charge in [0, 0.05) is 62.0 Å². The van der Waals surface area contributed by atoms with Crippen molar-refractivity contribution in [2.45, 2.75) is 25.0 Å². The number of nitrogens with zero attached hydrogens (tertiary/aromatic N) is 4. The molecule has 0 N–H and O–H groups in total. The monoisotopic (exact) mass is 394 g/mol. The topological polar surface area (TPSA) is 48.9 Å². The molecule has 0 spiro atoms. The minimum Gasteiger partial charge on any atom is -0.370 e. The van der Waals surface area contributed by atoms with E-state index in [-0.39, 0.29) is 12.5 Å². The number of halogens is 1. The summed E-state index contributed by atoms with van der Waals surface area (Å²) in [5, 5.41) is 0. The maximum atomic E-state index is 11.8. The molecule has 24 heavy (non-hydrogen) atoms. The van der Waals surface area contributed by atoms with E-state index in [1.807, 2.05) is 11.1 Å². The molecule has 4 aliphatic heterocycles. The minimum atomic E-state index is 0.134. The summed E-state index contributed by atoms with van der Waals surface area (Å²) in [5.41, 5.74) is 1.13. The van der Waals surface area contributed by atoms with Crippen LogP contribution < -0.4 is 0 Å². The van der Waals surface area contributed by atoms with Crippen molar-refractivity contribution in [1.29, 1.82) is 0 Å². The highest BCUT2D eigenvalue weighted by Gasteiger charge is 2.44. The van der Waals surface area contributed by atoms with Crippen molar-refractivity contribution in [3.8, 4) is 0 Å². The van der Waals surface area contributed by atoms with E-state index in [4.69, 9.17) is 4.74 Å². The third kappa shape index (κ3) is 3.49. The van der Waals surface area contributed by atoms with Crippen LogP contribution in [0, 0.1) is 0 Å². The standard InChI is InChI=1S/C17H23BrN4O2/c18-13-1-2-14(19-8-13)9-20-10-15-7-16(11-20)22(15)4-3-21-5-6-24-12-17(21)23/h1-2,8,15-16H,3-7,9-12H2. The van der Waals surface area contributed by atoms with Gasteiger partial charge >= 0.3 is 0 Å². The highest BCUT2D eigenvalue weighted by molar-refractivity contribution is 9.10. The Kier molecular flexibility index (Phi) is 4.85. The second-order valence-electron chi connectivity index (χ2n) is 6.88. The Morgan fingerprint density at radius 3 is 2.79 bits per heavy atom. The number of piperidine rings is 1. The molecule has 5 heterocycles. The minimum absolute atomic E-state index is 0.134. The first kappa shape index (κ1) is 16.4. The molecule has 5 rings (SSSR count). The Bertz CT molecular complexity index is 585. The highest BCUT2D eigenvalue weighted by atomic mass is 79.9. The first-order valence-corrected chi connectivity index (χ1v) is 9.42. The van der Waals surface area contributed by atoms with Crippen LogP contribution in [0.5, 0.6) is 0 Å². The van der Waals surface area contributed by atoms with Gasteiger partial charge in [-0.1, -0.05) is 0 Å². The SMILES string of the molecule is O=C1COCCN1CCN1C2CC1CN(Cc1ccc(Br)cn1)C2. The van der Waals surface area contributed by atoms with E-state index in [1.165, 1.54) is 6.42 Å². The molecule has 2 atom stereocenters. The van der Waals surface area contributed by atoms with Gasteiger partial charge in [-0.25, -0.2) is 0 Å². The zero-order valence-corrected chi connectivity index (χ0v) is 15.3. The van der Waals surface area contributed by atoms with E-state index in [2.05, 4.69) is 42.8 Å². The lowest BCUT2D eigenvalue weighted by Gasteiger charge is -2.56. The van der Waals surface area contributed by atoms with Gasteiger partial charge in [0.05, 0.1) is 12.3 Å². The number of amides is 1. The molecule has 1 amide bonds. The lowest BCUT2D eigenvalue weighted by Crippen LogP contribution is -2.69. The van der Waals surface area contributed by atoms with Crippen LogP contribution in [0.3, 0.4) is 0 Å². The lowest BCUT2D eigenvalue weighted by molar-refractivity contribution is -0.144. The van der Waals surface area contributed by atoms with Crippen LogP contribution in [0.2, 0.25) is 0 Å². The van der Waals surface area contributed by atoms with Gasteiger partial charge in [-0.15, -0.1) is 0 Å². The highest BCUT2D eigenvalue weighted by Crippen LogP contribution is 2.32. The van der Waals surface area contributed by atoms with Gasteiger partial charge in [-0.3, -0.25) is 19.6 Å². The van der Waals surface area contributed by atoms with Gasteiger partial charge in [-0.05, 0) is 34.5 Å². The number of hydrogen-bond donors (Lipinski definition) is 0. The summed E-state index contributed by atoms with van der Waals surface area (Å²) in [6, 6.07) is 5.41. The smallest absolute Gasteiger partial charge is 0.248 e. The van der Waals surface area contributed by atoms with Crippen molar-refractivity contribution >= 4 is 21.8 Å². The average Bonchev–Trinajstić information content (AvgIpc) is 2.59. The van der Waals surface area contributed by atoms with Crippen LogP contribution >= 0.6 is 15.9 Å². The van der Waals surface area contributed by atoms with E-state index in [1.54, 1.807) is 0 Å². The first-order valence-electron chi connectivity index (χ1n) is 8.63. The molecule has 1 aromatic rings. The molecular weight excluding hydrogens is 372 g/mol. The predicted molar refractivity (Wildman–Crippen MR) is 93.5 cm³/mol. The van der Waals surface area contributed by atoms with Crippen LogP contribution in [-0.2, 0) is 16.1 Å². The molecule has 4 saturated heterocycles. The van der Waals surface area contributed by atoms with Crippen molar-refractivity contribution in [2.75, 3.05) is 45.9 Å². The Labute approximate surface area is 150 Å². The fourth-order valence-electron chi connectivity index (χ4n) is 4.02. The fourth-order valence-corrected chi connectivity index (χ4v) is 4.26. The summed E-state index contributed by atoms with van der Waals surface area (Å²) < 4.78 is 6.22. The van der Waals surface area contributed by atoms with E-state index >= 15 is 0 Å². The second kappa shape index (κ2) is 7.07. The van der Waals surface area contributed by atoms with Crippen molar-refractivity contribution in [3.05, 3.63) is 28.5 Å². The number of aromatic nitrogens is 1. The number of hydrogen-bond acceptors (Lipinski definition) is 5. The van der Waals surface area contributed by atoms with Crippen molar-refractivity contribution in [3.63, 3.8) is 0 Å². The van der Waals surface area contributed by atoms with Gasteiger partial charge < -0.3 is 9.64 Å². The quantitative estimate of drug-likeness (QED) is 0.744. The zero-order valence-electron chi connectivity index (χ0n) is 13.7. The van der Waals surface area contributed by atoms with E-state index in [0.29, 0.717) is 18.7 Å². The molecule has 1 aromatic heterocycles. The lowest BCUT2D eigenvalue weighted by atomic mass is 9.87. The summed E-state index contributed by atoms with van der Waals surface area (Å²) in [4.78, 5) is 23.3. The third-order valence-corrected chi connectivity index (χ3v) is 5.78. The summed E-state index contributed by atoms with van der Waals surface area (Å²) in [5.74, 6) is 0.134. The number of ether oxygens (including phenoxy) is 1. The number of morpholine rings is 1. The largest absolute Gasteiger partial charge is 0.370 e. The maximum Gasteiger partial charge on any atom is 0.248 e. The normalized spacial score (nSPS) is 28.0. The molecule has 4 aliphatic rings. The van der Waals surface area contributed by atoms with E-state index in [9.17, 15) is 4.79 Å². The molecule has 2 unspecified atom stereocenters. The Hall–Kier alpha value is -1.02. The van der Waals surface area contributed by atoms with Gasteiger partial charge in [0.2, 0.25) is 5.91 Å². The van der Waals surface area contributed by atoms with E-state index < -0.39 is 0 Å². The summed E-state index contributed by atoms with van der Waals surface area (Å²) in [6.07, 6.45) is 3.16. The van der Waals surface area contributed by atoms with Crippen LogP contribution in [0.25, 0.3) is 0 Å². The molecule has 0 saturated carbocycles. The predicted octanol–water partition coefficient (Wildman–Crippen LogP) is 0.961. The van der Waals surface area contributed by atoms with Crippen LogP contribution in [0.1, 0.15) is 12.1 Å². The van der Waals surface area contributed by atoms with Gasteiger partial charge in [0.15, 0.2) is 0 Å². The molecule has 2 bridgehead atoms. The summed E-state index contributed by atoms with van der Waals surface area (Å²) >= 11 is 3.43. The van der Waals surface area contributed by atoms with E-state index in [0.717, 1.165) is 49.4 Å². The Morgan fingerprint density at radius 1 is 1.25 bits per heavy atom. The molecule has 6 nitrogen and oxygen atoms in total. The van der Waals surface area contributed by atoms with Gasteiger partial charge in [-0.2, -0.15) is 0 Å². The van der Waals surface area contributed by atoms with Crippen LogP contribution in [-0.4, -0.2) is 83.6 Å². The molecule has 0 radical (unpaired) electrons. The van der Waals surface area contributed by atoms with Crippen molar-refractivity contribution in [1.82, 2.24) is 19.7 Å². The number of rotatable bonds is 5. The van der Waals surface area contributed by atoms with Crippen molar-refractivity contribution in [2.24, 2.45) is 0 Å². The zero-order chi connectivity index (χ0) is 16.5. The van der Waals surface area contributed by atoms with Gasteiger partial charge in [0.25, 0.3) is 0 Å². The number of fused-ring (bicyclic) bond motifs is 2. The molecule has 7 heteroatoms. The summed E-state index contributed by atoms with van der Waals surface area (Å²) in [7, 11) is 0. The molecule has 0 aromatic carbocycles. The number of carbonyl (C=O) groups is 1. The molecule has 0 aliphatic carbocycles.